The molecule has 0 aliphatic carbocycles. The largest absolute Gasteiger partial charge is 0.354 e. The van der Waals surface area contributed by atoms with E-state index in [0.717, 1.165) is 101 Å². The summed E-state index contributed by atoms with van der Waals surface area (Å²) in [6.07, 6.45) is 2.24. The molecular weight excluding hydrogens is 739 g/mol. The van der Waals surface area contributed by atoms with Crippen LogP contribution in [0.4, 0.5) is 0 Å². The minimum Gasteiger partial charge on any atom is -0.354 e. The van der Waals surface area contributed by atoms with Crippen LogP contribution in [0.5, 0.6) is 0 Å². The Balaban J connectivity index is 1.12. The molecule has 0 saturated heterocycles. The van der Waals surface area contributed by atoms with Crippen LogP contribution >= 0.6 is 0 Å². The van der Waals surface area contributed by atoms with Crippen LogP contribution in [0.25, 0.3) is 78.9 Å². The molecule has 0 fully saturated rings. The summed E-state index contributed by atoms with van der Waals surface area (Å²) in [6, 6.07) is 80.2. The third-order valence-corrected chi connectivity index (χ3v) is 11.3. The van der Waals surface area contributed by atoms with E-state index in [1.54, 1.807) is 0 Å². The first-order valence-electron chi connectivity index (χ1n) is 20.6. The highest BCUT2D eigenvalue weighted by Crippen LogP contribution is 2.42. The SMILES string of the molecule is N=C(/C(=C1\NC(c2ccccc2)=Cc2cccc(-c3cccc(-c4cccc(-c5cc(-c6ccccc6)nc(-c6ccccc6)c5)c4)c3)c21)c1ccccc1)c1ccccc1. The van der Waals surface area contributed by atoms with Gasteiger partial charge in [-0.1, -0.05) is 206 Å². The van der Waals surface area contributed by atoms with Crippen LogP contribution in [-0.4, -0.2) is 10.7 Å². The molecule has 3 nitrogen and oxygen atoms in total. The second-order valence-electron chi connectivity index (χ2n) is 15.2. The molecule has 0 atom stereocenters. The number of aromatic nitrogens is 1. The maximum absolute atomic E-state index is 9.79. The van der Waals surface area contributed by atoms with Gasteiger partial charge in [-0.25, -0.2) is 4.98 Å². The number of nitrogens with zero attached hydrogens (tertiary/aromatic N) is 1. The second kappa shape index (κ2) is 16.6. The van der Waals surface area contributed by atoms with Gasteiger partial charge in [0.2, 0.25) is 0 Å². The average molecular weight is 780 g/mol. The maximum atomic E-state index is 9.79. The van der Waals surface area contributed by atoms with E-state index in [1.165, 1.54) is 0 Å². The quantitative estimate of drug-likeness (QED) is 0.143. The summed E-state index contributed by atoms with van der Waals surface area (Å²) in [5, 5.41) is 13.7. The van der Waals surface area contributed by atoms with Gasteiger partial charge in [0.05, 0.1) is 22.8 Å². The van der Waals surface area contributed by atoms with E-state index in [2.05, 4.69) is 175 Å². The van der Waals surface area contributed by atoms with Crippen molar-refractivity contribution in [1.29, 1.82) is 5.41 Å². The Kier molecular flexibility index (Phi) is 10.1. The fourth-order valence-electron chi connectivity index (χ4n) is 8.28. The lowest BCUT2D eigenvalue weighted by molar-refractivity contribution is 1.22. The normalized spacial score (nSPS) is 12.8. The number of rotatable bonds is 9. The van der Waals surface area contributed by atoms with Crippen LogP contribution in [0.15, 0.2) is 231 Å². The smallest absolute Gasteiger partial charge is 0.0715 e. The van der Waals surface area contributed by atoms with Gasteiger partial charge in [0.25, 0.3) is 0 Å². The minimum absolute atomic E-state index is 0.455. The van der Waals surface area contributed by atoms with Crippen LogP contribution in [0.1, 0.15) is 27.8 Å². The molecule has 0 bridgehead atoms. The predicted octanol–water partition coefficient (Wildman–Crippen LogP) is 14.5. The van der Waals surface area contributed by atoms with E-state index in [0.29, 0.717) is 5.71 Å². The third kappa shape index (κ3) is 7.65. The number of hydrogen-bond acceptors (Lipinski definition) is 3. The Bertz CT molecular complexity index is 3020. The van der Waals surface area contributed by atoms with Crippen molar-refractivity contribution in [3.63, 3.8) is 0 Å². The highest BCUT2D eigenvalue weighted by atomic mass is 14.9. The molecule has 0 amide bonds. The van der Waals surface area contributed by atoms with Gasteiger partial charge in [-0.05, 0) is 80.4 Å². The number of hydrogen-bond donors (Lipinski definition) is 2. The summed E-state index contributed by atoms with van der Waals surface area (Å²) in [6.45, 7) is 0. The number of nitrogens with one attached hydrogen (secondary N) is 2. The lowest BCUT2D eigenvalue weighted by atomic mass is 9.84. The van der Waals surface area contributed by atoms with Crippen molar-refractivity contribution in [3.05, 3.63) is 258 Å². The monoisotopic (exact) mass is 779 g/mol. The van der Waals surface area contributed by atoms with Gasteiger partial charge in [0.15, 0.2) is 0 Å². The summed E-state index contributed by atoms with van der Waals surface area (Å²) < 4.78 is 0. The average Bonchev–Trinajstić information content (AvgIpc) is 3.35. The van der Waals surface area contributed by atoms with Crippen molar-refractivity contribution in [2.45, 2.75) is 0 Å². The molecule has 0 radical (unpaired) electrons. The fraction of sp³-hybridized carbons (Fsp3) is 0. The zero-order chi connectivity index (χ0) is 41.0. The first-order chi connectivity index (χ1) is 30.2. The molecule has 8 aromatic carbocycles. The lowest BCUT2D eigenvalue weighted by Gasteiger charge is -2.28. The number of benzene rings is 8. The van der Waals surface area contributed by atoms with Gasteiger partial charge in [-0.15, -0.1) is 0 Å². The molecule has 9 aromatic rings. The van der Waals surface area contributed by atoms with E-state index in [4.69, 9.17) is 4.98 Å². The Morgan fingerprint density at radius 1 is 0.377 bits per heavy atom. The predicted molar refractivity (Wildman–Crippen MR) is 255 cm³/mol. The summed E-state index contributed by atoms with van der Waals surface area (Å²) in [5.41, 5.74) is 19.0. The molecule has 1 aromatic heterocycles. The van der Waals surface area contributed by atoms with Gasteiger partial charge in [-0.2, -0.15) is 0 Å². The third-order valence-electron chi connectivity index (χ3n) is 11.3. The molecule has 1 aliphatic rings. The van der Waals surface area contributed by atoms with E-state index in [1.807, 2.05) is 66.7 Å². The van der Waals surface area contributed by atoms with Crippen molar-refractivity contribution in [2.24, 2.45) is 0 Å². The van der Waals surface area contributed by atoms with Gasteiger partial charge < -0.3 is 5.32 Å². The number of allylic oxidation sites excluding steroid dienone is 1. The number of fused-ring (bicyclic) bond motifs is 1. The first-order valence-corrected chi connectivity index (χ1v) is 20.6. The van der Waals surface area contributed by atoms with Crippen molar-refractivity contribution in [1.82, 2.24) is 10.3 Å². The second-order valence-corrected chi connectivity index (χ2v) is 15.2. The van der Waals surface area contributed by atoms with Crippen LogP contribution in [0.2, 0.25) is 0 Å². The van der Waals surface area contributed by atoms with Crippen LogP contribution in [-0.2, 0) is 0 Å². The molecule has 61 heavy (non-hydrogen) atoms. The Morgan fingerprint density at radius 3 is 1.39 bits per heavy atom. The standard InChI is InChI=1S/C58H41N3/c59-57(44-27-14-5-15-28-44)56(43-25-12-4-13-26-43)58-55-49(37-54(61-58)42-23-10-3-11-24-42)33-18-34-51(55)48-32-17-30-46(36-48)45-29-16-31-47(35-45)50-38-52(40-19-6-1-7-20-40)60-53(39-50)41-21-8-2-9-22-41/h1-39,59,61H/b58-56-,59-57?. The molecule has 10 rings (SSSR count). The van der Waals surface area contributed by atoms with Gasteiger partial charge in [-0.3, -0.25) is 5.41 Å². The number of pyridine rings is 1. The van der Waals surface area contributed by atoms with Crippen LogP contribution in [0.3, 0.4) is 0 Å². The van der Waals surface area contributed by atoms with Gasteiger partial charge >= 0.3 is 0 Å². The lowest BCUT2D eigenvalue weighted by Crippen LogP contribution is -2.21. The molecule has 0 spiro atoms. The van der Waals surface area contributed by atoms with E-state index >= 15 is 0 Å². The van der Waals surface area contributed by atoms with Crippen molar-refractivity contribution in [2.75, 3.05) is 0 Å². The van der Waals surface area contributed by atoms with Crippen LogP contribution < -0.4 is 5.32 Å². The van der Waals surface area contributed by atoms with Crippen molar-refractivity contribution >= 4 is 28.8 Å². The molecule has 1 aliphatic heterocycles. The zero-order valence-electron chi connectivity index (χ0n) is 33.5. The molecule has 288 valence electrons. The molecule has 2 heterocycles. The highest BCUT2D eigenvalue weighted by molar-refractivity contribution is 6.36. The minimum atomic E-state index is 0.455. The topological polar surface area (TPSA) is 48.8 Å². The summed E-state index contributed by atoms with van der Waals surface area (Å²) in [4.78, 5) is 5.12. The first kappa shape index (κ1) is 37.2. The molecule has 2 N–H and O–H groups in total. The summed E-state index contributed by atoms with van der Waals surface area (Å²) in [7, 11) is 0. The Labute approximate surface area is 357 Å². The van der Waals surface area contributed by atoms with Gasteiger partial charge in [0.1, 0.15) is 0 Å². The zero-order valence-corrected chi connectivity index (χ0v) is 33.5. The molecule has 3 heteroatoms. The van der Waals surface area contributed by atoms with E-state index < -0.39 is 0 Å². The van der Waals surface area contributed by atoms with E-state index in [-0.39, 0.29) is 0 Å². The van der Waals surface area contributed by atoms with E-state index in [9.17, 15) is 5.41 Å². The van der Waals surface area contributed by atoms with Crippen molar-refractivity contribution < 1.29 is 0 Å². The molecule has 0 saturated carbocycles. The maximum Gasteiger partial charge on any atom is 0.0715 e. The molecule has 0 unspecified atom stereocenters. The highest BCUT2D eigenvalue weighted by Gasteiger charge is 2.26. The summed E-state index contributed by atoms with van der Waals surface area (Å²) >= 11 is 0. The van der Waals surface area contributed by atoms with Crippen LogP contribution in [0, 0.1) is 5.41 Å². The van der Waals surface area contributed by atoms with Crippen molar-refractivity contribution in [3.8, 4) is 55.9 Å². The van der Waals surface area contributed by atoms with Gasteiger partial charge in [0, 0.05) is 33.5 Å². The Hall–Kier alpha value is -8.14. The fourth-order valence-corrected chi connectivity index (χ4v) is 8.28. The Morgan fingerprint density at radius 2 is 0.820 bits per heavy atom. The summed E-state index contributed by atoms with van der Waals surface area (Å²) in [5.74, 6) is 0. The molecular formula is C58H41N3.